The van der Waals surface area contributed by atoms with E-state index in [0.717, 1.165) is 22.4 Å². The molecule has 84 valence electrons. The summed E-state index contributed by atoms with van der Waals surface area (Å²) >= 11 is 0. The molecule has 1 saturated heterocycles. The highest BCUT2D eigenvalue weighted by Crippen LogP contribution is 2.40. The van der Waals surface area contributed by atoms with Crippen LogP contribution in [0.4, 0.5) is 0 Å². The smallest absolute Gasteiger partial charge is 0.132 e. The van der Waals surface area contributed by atoms with Crippen LogP contribution in [0.3, 0.4) is 0 Å². The summed E-state index contributed by atoms with van der Waals surface area (Å²) < 4.78 is 10.6. The molecule has 1 aliphatic rings. The number of benzene rings is 1. The van der Waals surface area contributed by atoms with Crippen molar-refractivity contribution in [3.63, 3.8) is 0 Å². The van der Waals surface area contributed by atoms with Crippen molar-refractivity contribution >= 4 is 0 Å². The van der Waals surface area contributed by atoms with Crippen LogP contribution in [0.25, 0.3) is 0 Å². The quantitative estimate of drug-likeness (QED) is 0.761. The van der Waals surface area contributed by atoms with E-state index in [2.05, 4.69) is 12.1 Å². The van der Waals surface area contributed by atoms with Gasteiger partial charge in [0.05, 0.1) is 26.4 Å². The Labute approximate surface area is 95.6 Å². The number of hydrogen-bond donors (Lipinski definition) is 0. The van der Waals surface area contributed by atoms with Crippen molar-refractivity contribution in [3.8, 4) is 11.8 Å². The van der Waals surface area contributed by atoms with E-state index in [4.69, 9.17) is 9.47 Å². The van der Waals surface area contributed by atoms with Gasteiger partial charge in [-0.1, -0.05) is 6.07 Å². The lowest BCUT2D eigenvalue weighted by Crippen LogP contribution is -2.46. The van der Waals surface area contributed by atoms with Crippen LogP contribution in [0.2, 0.25) is 0 Å². The van der Waals surface area contributed by atoms with Crippen molar-refractivity contribution in [1.29, 1.82) is 5.26 Å². The molecule has 1 aromatic carbocycles. The molecular formula is C13H15NO2. The molecule has 0 radical (unpaired) electrons. The van der Waals surface area contributed by atoms with Crippen molar-refractivity contribution in [2.24, 2.45) is 0 Å². The Balaban J connectivity index is 2.60. The Morgan fingerprint density at radius 1 is 1.38 bits per heavy atom. The molecule has 1 fully saturated rings. The lowest BCUT2D eigenvalue weighted by Gasteiger charge is -2.37. The minimum Gasteiger partial charge on any atom is -0.496 e. The molecule has 1 heterocycles. The van der Waals surface area contributed by atoms with E-state index < -0.39 is 5.41 Å². The summed E-state index contributed by atoms with van der Waals surface area (Å²) in [5.74, 6) is 0.794. The molecule has 1 aromatic rings. The van der Waals surface area contributed by atoms with Gasteiger partial charge in [-0.05, 0) is 31.0 Å². The Morgan fingerprint density at radius 2 is 2.06 bits per heavy atom. The van der Waals surface area contributed by atoms with Crippen molar-refractivity contribution in [2.45, 2.75) is 19.3 Å². The van der Waals surface area contributed by atoms with E-state index in [-0.39, 0.29) is 0 Å². The zero-order chi connectivity index (χ0) is 11.8. The van der Waals surface area contributed by atoms with Crippen molar-refractivity contribution < 1.29 is 9.47 Å². The second-order valence-corrected chi connectivity index (χ2v) is 4.35. The second kappa shape index (κ2) is 3.80. The predicted octanol–water partition coefficient (Wildman–Crippen LogP) is 2.10. The lowest BCUT2D eigenvalue weighted by molar-refractivity contribution is -0.0310. The van der Waals surface area contributed by atoms with Crippen LogP contribution in [-0.2, 0) is 10.2 Å². The topological polar surface area (TPSA) is 42.2 Å². The minimum atomic E-state index is -0.511. The maximum atomic E-state index is 9.32. The van der Waals surface area contributed by atoms with Gasteiger partial charge in [-0.2, -0.15) is 5.26 Å². The van der Waals surface area contributed by atoms with Gasteiger partial charge in [-0.3, -0.25) is 0 Å². The van der Waals surface area contributed by atoms with Gasteiger partial charge in [-0.15, -0.1) is 0 Å². The van der Waals surface area contributed by atoms with E-state index in [1.807, 2.05) is 19.9 Å². The average Bonchev–Trinajstić information content (AvgIpc) is 2.19. The zero-order valence-corrected chi connectivity index (χ0v) is 9.83. The predicted molar refractivity (Wildman–Crippen MR) is 60.6 cm³/mol. The van der Waals surface area contributed by atoms with Gasteiger partial charge in [0.2, 0.25) is 0 Å². The van der Waals surface area contributed by atoms with Crippen molar-refractivity contribution in [1.82, 2.24) is 0 Å². The maximum Gasteiger partial charge on any atom is 0.132 e. The summed E-state index contributed by atoms with van der Waals surface area (Å²) in [7, 11) is 1.64. The zero-order valence-electron chi connectivity index (χ0n) is 9.83. The highest BCUT2D eigenvalue weighted by atomic mass is 16.5. The number of ether oxygens (including phenoxy) is 2. The first-order valence-electron chi connectivity index (χ1n) is 5.28. The van der Waals surface area contributed by atoms with Crippen LogP contribution < -0.4 is 4.74 Å². The molecule has 0 saturated carbocycles. The molecule has 0 aromatic heterocycles. The third kappa shape index (κ3) is 1.46. The Kier molecular flexibility index (Phi) is 2.61. The molecule has 0 bridgehead atoms. The Hall–Kier alpha value is -1.53. The molecule has 16 heavy (non-hydrogen) atoms. The number of nitrogens with zero attached hydrogens (tertiary/aromatic N) is 1. The fourth-order valence-electron chi connectivity index (χ4n) is 2.27. The fourth-order valence-corrected chi connectivity index (χ4v) is 2.27. The monoisotopic (exact) mass is 217 g/mol. The van der Waals surface area contributed by atoms with Gasteiger partial charge >= 0.3 is 0 Å². The molecule has 0 aliphatic carbocycles. The fraction of sp³-hybridized carbons (Fsp3) is 0.462. The standard InChI is InChI=1S/C13H15NO2/c1-9-4-10(2)12(11(5-9)15-3)13(6-14)7-16-8-13/h4-5H,7-8H2,1-3H3. The van der Waals surface area contributed by atoms with Crippen LogP contribution in [-0.4, -0.2) is 20.3 Å². The Bertz CT molecular complexity index is 456. The van der Waals surface area contributed by atoms with Crippen molar-refractivity contribution in [3.05, 3.63) is 28.8 Å². The third-order valence-electron chi connectivity index (χ3n) is 3.05. The summed E-state index contributed by atoms with van der Waals surface area (Å²) in [5.41, 5.74) is 2.71. The van der Waals surface area contributed by atoms with E-state index in [0.29, 0.717) is 13.2 Å². The van der Waals surface area contributed by atoms with Gasteiger partial charge in [0.1, 0.15) is 11.2 Å². The first-order valence-corrected chi connectivity index (χ1v) is 5.28. The van der Waals surface area contributed by atoms with E-state index >= 15 is 0 Å². The number of aryl methyl sites for hydroxylation is 2. The number of nitriles is 1. The molecule has 0 spiro atoms. The summed E-state index contributed by atoms with van der Waals surface area (Å²) in [6, 6.07) is 6.41. The van der Waals surface area contributed by atoms with Crippen LogP contribution in [0.15, 0.2) is 12.1 Å². The normalized spacial score (nSPS) is 17.4. The van der Waals surface area contributed by atoms with Crippen LogP contribution >= 0.6 is 0 Å². The summed E-state index contributed by atoms with van der Waals surface area (Å²) in [6.45, 7) is 4.96. The SMILES string of the molecule is COc1cc(C)cc(C)c1C1(C#N)COC1. The van der Waals surface area contributed by atoms with Gasteiger partial charge in [-0.25, -0.2) is 0 Å². The third-order valence-corrected chi connectivity index (χ3v) is 3.05. The van der Waals surface area contributed by atoms with Crippen LogP contribution in [0.5, 0.6) is 5.75 Å². The number of hydrogen-bond acceptors (Lipinski definition) is 3. The summed E-state index contributed by atoms with van der Waals surface area (Å²) in [5, 5.41) is 9.32. The molecular weight excluding hydrogens is 202 g/mol. The molecule has 3 heteroatoms. The average molecular weight is 217 g/mol. The van der Waals surface area contributed by atoms with Crippen LogP contribution in [0, 0.1) is 25.2 Å². The minimum absolute atomic E-state index is 0.462. The second-order valence-electron chi connectivity index (χ2n) is 4.35. The number of methoxy groups -OCH3 is 1. The molecule has 0 unspecified atom stereocenters. The first-order chi connectivity index (χ1) is 7.63. The van der Waals surface area contributed by atoms with E-state index in [9.17, 15) is 5.26 Å². The molecule has 0 amide bonds. The highest BCUT2D eigenvalue weighted by Gasteiger charge is 2.44. The largest absolute Gasteiger partial charge is 0.496 e. The van der Waals surface area contributed by atoms with Gasteiger partial charge in [0.25, 0.3) is 0 Å². The highest BCUT2D eigenvalue weighted by molar-refractivity contribution is 5.52. The maximum absolute atomic E-state index is 9.32. The van der Waals surface area contributed by atoms with Gasteiger partial charge in [0, 0.05) is 5.56 Å². The molecule has 3 nitrogen and oxygen atoms in total. The first kappa shape index (κ1) is 11.0. The number of rotatable bonds is 2. The lowest BCUT2D eigenvalue weighted by atomic mass is 9.77. The molecule has 2 rings (SSSR count). The summed E-state index contributed by atoms with van der Waals surface area (Å²) in [6.07, 6.45) is 0. The van der Waals surface area contributed by atoms with Crippen molar-refractivity contribution in [2.75, 3.05) is 20.3 Å². The Morgan fingerprint density at radius 3 is 2.50 bits per heavy atom. The molecule has 0 N–H and O–H groups in total. The van der Waals surface area contributed by atoms with Crippen LogP contribution in [0.1, 0.15) is 16.7 Å². The molecule has 0 atom stereocenters. The summed E-state index contributed by atoms with van der Waals surface area (Å²) in [4.78, 5) is 0. The van der Waals surface area contributed by atoms with E-state index in [1.54, 1.807) is 7.11 Å². The van der Waals surface area contributed by atoms with E-state index in [1.165, 1.54) is 0 Å². The molecule has 1 aliphatic heterocycles. The van der Waals surface area contributed by atoms with Gasteiger partial charge in [0.15, 0.2) is 0 Å². The van der Waals surface area contributed by atoms with Gasteiger partial charge < -0.3 is 9.47 Å².